The molecule has 5 nitrogen and oxygen atoms in total. The molecule has 26 heavy (non-hydrogen) atoms. The number of aromatic nitrogens is 2. The zero-order chi connectivity index (χ0) is 17.9. The summed E-state index contributed by atoms with van der Waals surface area (Å²) in [6.45, 7) is 1.99. The summed E-state index contributed by atoms with van der Waals surface area (Å²) in [5.74, 6) is 0.652. The molecule has 3 heterocycles. The minimum absolute atomic E-state index is 0.202. The van der Waals surface area contributed by atoms with Crippen molar-refractivity contribution in [3.63, 3.8) is 0 Å². The SMILES string of the molecule is CN(C(=O)Cn1c(C2CCOCC2)cc2cccnc21)C1CCCCC1. The Morgan fingerprint density at radius 1 is 1.23 bits per heavy atom. The summed E-state index contributed by atoms with van der Waals surface area (Å²) >= 11 is 0. The van der Waals surface area contributed by atoms with Gasteiger partial charge < -0.3 is 14.2 Å². The van der Waals surface area contributed by atoms with E-state index in [0.717, 1.165) is 49.9 Å². The highest BCUT2D eigenvalue weighted by atomic mass is 16.5. The highest BCUT2D eigenvalue weighted by Gasteiger charge is 2.26. The molecule has 4 rings (SSSR count). The van der Waals surface area contributed by atoms with Gasteiger partial charge in [0.2, 0.25) is 5.91 Å². The lowest BCUT2D eigenvalue weighted by Gasteiger charge is -2.32. The molecule has 1 amide bonds. The summed E-state index contributed by atoms with van der Waals surface area (Å²) in [7, 11) is 1.98. The highest BCUT2D eigenvalue weighted by Crippen LogP contribution is 2.31. The van der Waals surface area contributed by atoms with Gasteiger partial charge in [0, 0.05) is 49.5 Å². The van der Waals surface area contributed by atoms with Gasteiger partial charge in [-0.25, -0.2) is 4.98 Å². The monoisotopic (exact) mass is 355 g/mol. The molecule has 1 aliphatic heterocycles. The molecule has 0 spiro atoms. The molecule has 2 aliphatic rings. The number of hydrogen-bond acceptors (Lipinski definition) is 3. The lowest BCUT2D eigenvalue weighted by atomic mass is 9.94. The van der Waals surface area contributed by atoms with Crippen molar-refractivity contribution in [2.75, 3.05) is 20.3 Å². The van der Waals surface area contributed by atoms with Crippen LogP contribution in [0, 0.1) is 0 Å². The average molecular weight is 355 g/mol. The maximum Gasteiger partial charge on any atom is 0.242 e. The van der Waals surface area contributed by atoms with E-state index in [4.69, 9.17) is 4.74 Å². The fourth-order valence-electron chi connectivity index (χ4n) is 4.52. The number of carbonyl (C=O) groups is 1. The van der Waals surface area contributed by atoms with Crippen LogP contribution in [0.5, 0.6) is 0 Å². The number of rotatable bonds is 4. The maximum absolute atomic E-state index is 13.0. The van der Waals surface area contributed by atoms with Gasteiger partial charge in [0.05, 0.1) is 0 Å². The summed E-state index contributed by atoms with van der Waals surface area (Å²) in [6, 6.07) is 6.69. The molecule has 1 saturated heterocycles. The Morgan fingerprint density at radius 3 is 2.77 bits per heavy atom. The Morgan fingerprint density at radius 2 is 2.00 bits per heavy atom. The minimum Gasteiger partial charge on any atom is -0.381 e. The minimum atomic E-state index is 0.202. The van der Waals surface area contributed by atoms with E-state index in [2.05, 4.69) is 21.7 Å². The van der Waals surface area contributed by atoms with Gasteiger partial charge in [-0.15, -0.1) is 0 Å². The van der Waals surface area contributed by atoms with E-state index in [0.29, 0.717) is 18.5 Å². The van der Waals surface area contributed by atoms with Crippen molar-refractivity contribution >= 4 is 16.9 Å². The summed E-state index contributed by atoms with van der Waals surface area (Å²) in [5.41, 5.74) is 2.17. The molecule has 1 saturated carbocycles. The lowest BCUT2D eigenvalue weighted by Crippen LogP contribution is -2.40. The van der Waals surface area contributed by atoms with Crippen molar-refractivity contribution in [2.45, 2.75) is 63.5 Å². The molecule has 2 aromatic rings. The van der Waals surface area contributed by atoms with Gasteiger partial charge in [-0.3, -0.25) is 4.79 Å². The number of fused-ring (bicyclic) bond motifs is 1. The predicted molar refractivity (Wildman–Crippen MR) is 102 cm³/mol. The number of amides is 1. The number of likely N-dealkylation sites (N-methyl/N-ethyl adjacent to an activating group) is 1. The van der Waals surface area contributed by atoms with Crippen molar-refractivity contribution in [2.24, 2.45) is 0 Å². The van der Waals surface area contributed by atoms with Gasteiger partial charge in [0.1, 0.15) is 12.2 Å². The largest absolute Gasteiger partial charge is 0.381 e. The van der Waals surface area contributed by atoms with Gasteiger partial charge in [0.15, 0.2) is 0 Å². The number of pyridine rings is 1. The Hall–Kier alpha value is -1.88. The van der Waals surface area contributed by atoms with Crippen LogP contribution in [0.25, 0.3) is 11.0 Å². The van der Waals surface area contributed by atoms with Gasteiger partial charge in [-0.1, -0.05) is 19.3 Å². The highest BCUT2D eigenvalue weighted by molar-refractivity contribution is 5.82. The summed E-state index contributed by atoms with van der Waals surface area (Å²) in [4.78, 5) is 19.6. The van der Waals surface area contributed by atoms with Crippen LogP contribution in [0.15, 0.2) is 24.4 Å². The average Bonchev–Trinajstić information content (AvgIpc) is 3.07. The van der Waals surface area contributed by atoms with E-state index >= 15 is 0 Å². The van der Waals surface area contributed by atoms with Crippen LogP contribution >= 0.6 is 0 Å². The Balaban J connectivity index is 1.60. The zero-order valence-corrected chi connectivity index (χ0v) is 15.7. The van der Waals surface area contributed by atoms with Crippen molar-refractivity contribution in [1.29, 1.82) is 0 Å². The molecular formula is C21H29N3O2. The normalized spacial score (nSPS) is 19.7. The second kappa shape index (κ2) is 7.78. The Kier molecular flexibility index (Phi) is 5.25. The van der Waals surface area contributed by atoms with E-state index in [1.165, 1.54) is 25.0 Å². The first-order chi connectivity index (χ1) is 12.7. The quantitative estimate of drug-likeness (QED) is 0.840. The van der Waals surface area contributed by atoms with Gasteiger partial charge in [-0.2, -0.15) is 0 Å². The van der Waals surface area contributed by atoms with Crippen molar-refractivity contribution in [3.8, 4) is 0 Å². The third-order valence-electron chi connectivity index (χ3n) is 6.14. The second-order valence-corrected chi connectivity index (χ2v) is 7.75. The number of hydrogen-bond donors (Lipinski definition) is 0. The van der Waals surface area contributed by atoms with Crippen LogP contribution < -0.4 is 0 Å². The third-order valence-corrected chi connectivity index (χ3v) is 6.14. The van der Waals surface area contributed by atoms with Gasteiger partial charge in [0.25, 0.3) is 0 Å². The topological polar surface area (TPSA) is 47.4 Å². The molecule has 0 atom stereocenters. The molecule has 1 aliphatic carbocycles. The molecule has 2 fully saturated rings. The molecule has 0 bridgehead atoms. The van der Waals surface area contributed by atoms with Crippen LogP contribution in [0.2, 0.25) is 0 Å². The van der Waals surface area contributed by atoms with Crippen LogP contribution in [0.3, 0.4) is 0 Å². The van der Waals surface area contributed by atoms with E-state index in [9.17, 15) is 4.79 Å². The standard InChI is InChI=1S/C21H29N3O2/c1-23(18-7-3-2-4-8-18)20(25)15-24-19(16-9-12-26-13-10-16)14-17-6-5-11-22-21(17)24/h5-6,11,14,16,18H,2-4,7-10,12-13,15H2,1H3. The third kappa shape index (κ3) is 3.50. The molecule has 140 valence electrons. The number of carbonyl (C=O) groups excluding carboxylic acids is 1. The molecule has 2 aromatic heterocycles. The van der Waals surface area contributed by atoms with Crippen molar-refractivity contribution in [3.05, 3.63) is 30.1 Å². The molecule has 0 unspecified atom stereocenters. The maximum atomic E-state index is 13.0. The van der Waals surface area contributed by atoms with Crippen LogP contribution in [-0.4, -0.2) is 46.7 Å². The molecule has 0 aromatic carbocycles. The smallest absolute Gasteiger partial charge is 0.242 e. The molecular weight excluding hydrogens is 326 g/mol. The fourth-order valence-corrected chi connectivity index (χ4v) is 4.52. The Bertz CT molecular complexity index is 758. The molecule has 0 radical (unpaired) electrons. The Labute approximate surface area is 155 Å². The first-order valence-corrected chi connectivity index (χ1v) is 10.0. The van der Waals surface area contributed by atoms with Gasteiger partial charge in [-0.05, 0) is 43.9 Å². The fraction of sp³-hybridized carbons (Fsp3) is 0.619. The first kappa shape index (κ1) is 17.5. The van der Waals surface area contributed by atoms with E-state index < -0.39 is 0 Å². The number of ether oxygens (including phenoxy) is 1. The number of nitrogens with zero attached hydrogens (tertiary/aromatic N) is 3. The van der Waals surface area contributed by atoms with Crippen molar-refractivity contribution < 1.29 is 9.53 Å². The predicted octanol–water partition coefficient (Wildman–Crippen LogP) is 3.72. The second-order valence-electron chi connectivity index (χ2n) is 7.75. The van der Waals surface area contributed by atoms with E-state index in [1.54, 1.807) is 0 Å². The zero-order valence-electron chi connectivity index (χ0n) is 15.7. The van der Waals surface area contributed by atoms with Crippen LogP contribution in [0.1, 0.15) is 56.6 Å². The van der Waals surface area contributed by atoms with E-state index in [1.807, 2.05) is 24.2 Å². The summed E-state index contributed by atoms with van der Waals surface area (Å²) in [6.07, 6.45) is 9.92. The lowest BCUT2D eigenvalue weighted by molar-refractivity contribution is -0.133. The van der Waals surface area contributed by atoms with Crippen molar-refractivity contribution in [1.82, 2.24) is 14.5 Å². The van der Waals surface area contributed by atoms with Crippen LogP contribution in [-0.2, 0) is 16.1 Å². The van der Waals surface area contributed by atoms with E-state index in [-0.39, 0.29) is 5.91 Å². The summed E-state index contributed by atoms with van der Waals surface area (Å²) in [5, 5.41) is 1.13. The first-order valence-electron chi connectivity index (χ1n) is 10.0. The molecule has 5 heteroatoms. The summed E-state index contributed by atoms with van der Waals surface area (Å²) < 4.78 is 7.69. The van der Waals surface area contributed by atoms with Crippen LogP contribution in [0.4, 0.5) is 0 Å². The van der Waals surface area contributed by atoms with Gasteiger partial charge >= 0.3 is 0 Å². The molecule has 0 N–H and O–H groups in total.